The topological polar surface area (TPSA) is 94.2 Å². The quantitative estimate of drug-likeness (QED) is 0.647. The van der Waals surface area contributed by atoms with Gasteiger partial charge in [-0.15, -0.1) is 0 Å². The number of aromatic nitrogens is 1. The third-order valence-electron chi connectivity index (χ3n) is 4.54. The molecule has 1 aromatic heterocycles. The summed E-state index contributed by atoms with van der Waals surface area (Å²) >= 11 is 0. The molecule has 3 N–H and O–H groups in total. The van der Waals surface area contributed by atoms with Gasteiger partial charge in [0.1, 0.15) is 6.54 Å². The van der Waals surface area contributed by atoms with Crippen molar-refractivity contribution in [1.82, 2.24) is 9.88 Å². The van der Waals surface area contributed by atoms with E-state index in [2.05, 4.69) is 5.32 Å². The summed E-state index contributed by atoms with van der Waals surface area (Å²) in [6.45, 7) is 0.114. The number of nitrogens with zero attached hydrogens (tertiary/aromatic N) is 1. The van der Waals surface area contributed by atoms with Crippen molar-refractivity contribution in [3.63, 3.8) is 0 Å². The largest absolute Gasteiger partial charge is 0.363 e. The summed E-state index contributed by atoms with van der Waals surface area (Å²) in [6, 6.07) is 7.42. The van der Waals surface area contributed by atoms with Gasteiger partial charge in [-0.1, -0.05) is 37.5 Å². The zero-order chi connectivity index (χ0) is 17.1. The normalized spacial score (nSPS) is 15.3. The van der Waals surface area contributed by atoms with Crippen LogP contribution in [0.3, 0.4) is 0 Å². The van der Waals surface area contributed by atoms with Gasteiger partial charge in [-0.05, 0) is 18.9 Å². The molecule has 6 nitrogen and oxygen atoms in total. The van der Waals surface area contributed by atoms with Crippen molar-refractivity contribution in [2.45, 2.75) is 44.7 Å². The van der Waals surface area contributed by atoms with Crippen LogP contribution in [0.4, 0.5) is 0 Å². The summed E-state index contributed by atoms with van der Waals surface area (Å²) < 4.78 is 1.70. The highest BCUT2D eigenvalue weighted by Crippen LogP contribution is 2.22. The number of hydrogen-bond donors (Lipinski definition) is 2. The van der Waals surface area contributed by atoms with E-state index in [0.29, 0.717) is 5.39 Å². The minimum absolute atomic E-state index is 0.0827. The average molecular weight is 327 g/mol. The van der Waals surface area contributed by atoms with Crippen LogP contribution >= 0.6 is 0 Å². The maximum Gasteiger partial charge on any atom is 0.289 e. The number of para-hydroxylation sites is 1. The first-order valence-electron chi connectivity index (χ1n) is 8.27. The molecule has 0 spiro atoms. The molecule has 0 aliphatic heterocycles. The van der Waals surface area contributed by atoms with E-state index in [4.69, 9.17) is 5.73 Å². The van der Waals surface area contributed by atoms with Crippen molar-refractivity contribution < 1.29 is 14.4 Å². The first-order valence-corrected chi connectivity index (χ1v) is 8.27. The molecule has 1 heterocycles. The Hall–Kier alpha value is -2.63. The molecular weight excluding hydrogens is 306 g/mol. The van der Waals surface area contributed by atoms with Gasteiger partial charge in [0, 0.05) is 23.1 Å². The number of carbonyl (C=O) groups is 3. The Morgan fingerprint density at radius 1 is 1.12 bits per heavy atom. The molecule has 1 aliphatic rings. The van der Waals surface area contributed by atoms with Crippen LogP contribution in [0.2, 0.25) is 0 Å². The van der Waals surface area contributed by atoms with Crippen LogP contribution in [0.25, 0.3) is 10.9 Å². The number of fused-ring (bicyclic) bond motifs is 1. The summed E-state index contributed by atoms with van der Waals surface area (Å²) in [4.78, 5) is 35.5. The maximum atomic E-state index is 12.3. The number of nitrogens with one attached hydrogen (secondary N) is 1. The van der Waals surface area contributed by atoms with Crippen LogP contribution in [-0.4, -0.2) is 28.2 Å². The fourth-order valence-electron chi connectivity index (χ4n) is 3.37. The van der Waals surface area contributed by atoms with Crippen LogP contribution in [-0.2, 0) is 16.1 Å². The standard InChI is InChI=1S/C18H21N3O3/c19-18(24)17(23)14-10-21(15-9-5-4-8-13(14)15)11-16(22)20-12-6-2-1-3-7-12/h4-5,8-10,12H,1-3,6-7,11H2,(H2,19,24)(H,20,22). The number of hydrogen-bond acceptors (Lipinski definition) is 3. The van der Waals surface area contributed by atoms with Crippen LogP contribution in [0.15, 0.2) is 30.5 Å². The second-order valence-electron chi connectivity index (χ2n) is 6.28. The zero-order valence-corrected chi connectivity index (χ0v) is 13.5. The van der Waals surface area contributed by atoms with Crippen molar-refractivity contribution >= 4 is 28.5 Å². The van der Waals surface area contributed by atoms with Crippen LogP contribution < -0.4 is 11.1 Å². The molecule has 0 radical (unpaired) electrons. The minimum Gasteiger partial charge on any atom is -0.363 e. The summed E-state index contributed by atoms with van der Waals surface area (Å²) in [5.41, 5.74) is 6.09. The third kappa shape index (κ3) is 3.32. The molecular formula is C18H21N3O3. The predicted molar refractivity (Wildman–Crippen MR) is 90.5 cm³/mol. The molecule has 1 aromatic carbocycles. The number of benzene rings is 1. The lowest BCUT2D eigenvalue weighted by molar-refractivity contribution is -0.122. The molecule has 24 heavy (non-hydrogen) atoms. The fraction of sp³-hybridized carbons (Fsp3) is 0.389. The van der Waals surface area contributed by atoms with E-state index in [-0.39, 0.29) is 24.1 Å². The third-order valence-corrected chi connectivity index (χ3v) is 4.54. The number of ketones is 1. The van der Waals surface area contributed by atoms with E-state index in [0.717, 1.165) is 31.2 Å². The van der Waals surface area contributed by atoms with Gasteiger partial charge in [-0.3, -0.25) is 14.4 Å². The van der Waals surface area contributed by atoms with Gasteiger partial charge in [0.05, 0.1) is 5.56 Å². The van der Waals surface area contributed by atoms with Gasteiger partial charge in [0.25, 0.3) is 11.7 Å². The lowest BCUT2D eigenvalue weighted by atomic mass is 9.95. The van der Waals surface area contributed by atoms with E-state index in [9.17, 15) is 14.4 Å². The Morgan fingerprint density at radius 2 is 1.83 bits per heavy atom. The first kappa shape index (κ1) is 16.2. The van der Waals surface area contributed by atoms with Gasteiger partial charge in [0.15, 0.2) is 0 Å². The predicted octanol–water partition coefficient (Wildman–Crippen LogP) is 1.76. The number of Topliss-reactive ketones (excluding diaryl/α,β-unsaturated/α-hetero) is 1. The summed E-state index contributed by atoms with van der Waals surface area (Å²) in [5, 5.41) is 3.69. The van der Waals surface area contributed by atoms with E-state index in [1.165, 1.54) is 12.6 Å². The van der Waals surface area contributed by atoms with Gasteiger partial charge in [0.2, 0.25) is 5.91 Å². The molecule has 1 fully saturated rings. The van der Waals surface area contributed by atoms with Gasteiger partial charge >= 0.3 is 0 Å². The highest BCUT2D eigenvalue weighted by molar-refractivity contribution is 6.44. The molecule has 126 valence electrons. The molecule has 0 saturated heterocycles. The van der Waals surface area contributed by atoms with Crippen LogP contribution in [0.5, 0.6) is 0 Å². The smallest absolute Gasteiger partial charge is 0.289 e. The summed E-state index contributed by atoms with van der Waals surface area (Å²) in [7, 11) is 0. The minimum atomic E-state index is -0.996. The Bertz CT molecular complexity index is 788. The first-order chi connectivity index (χ1) is 11.6. The van der Waals surface area contributed by atoms with E-state index < -0.39 is 11.7 Å². The fourth-order valence-corrected chi connectivity index (χ4v) is 3.37. The molecule has 6 heteroatoms. The molecule has 1 aliphatic carbocycles. The second-order valence-corrected chi connectivity index (χ2v) is 6.28. The Labute approximate surface area is 140 Å². The molecule has 0 bridgehead atoms. The molecule has 3 rings (SSSR count). The molecule has 1 saturated carbocycles. The maximum absolute atomic E-state index is 12.3. The van der Waals surface area contributed by atoms with Gasteiger partial charge < -0.3 is 15.6 Å². The van der Waals surface area contributed by atoms with Gasteiger partial charge in [-0.25, -0.2) is 0 Å². The van der Waals surface area contributed by atoms with E-state index in [1.54, 1.807) is 16.7 Å². The molecule has 2 amide bonds. The molecule has 0 unspecified atom stereocenters. The van der Waals surface area contributed by atoms with Crippen molar-refractivity contribution in [2.24, 2.45) is 5.73 Å². The SMILES string of the molecule is NC(=O)C(=O)c1cn(CC(=O)NC2CCCCC2)c2ccccc12. The monoisotopic (exact) mass is 327 g/mol. The van der Waals surface area contributed by atoms with Crippen molar-refractivity contribution in [3.05, 3.63) is 36.0 Å². The number of rotatable bonds is 5. The number of primary amides is 1. The van der Waals surface area contributed by atoms with E-state index in [1.807, 2.05) is 12.1 Å². The molecule has 2 aromatic rings. The number of amides is 2. The lowest BCUT2D eigenvalue weighted by Crippen LogP contribution is -2.38. The van der Waals surface area contributed by atoms with Crippen LogP contribution in [0, 0.1) is 0 Å². The average Bonchev–Trinajstić information content (AvgIpc) is 2.93. The Balaban J connectivity index is 1.82. The van der Waals surface area contributed by atoms with Crippen molar-refractivity contribution in [1.29, 1.82) is 0 Å². The number of carbonyl (C=O) groups excluding carboxylic acids is 3. The Kier molecular flexibility index (Phi) is 4.64. The lowest BCUT2D eigenvalue weighted by Gasteiger charge is -2.22. The highest BCUT2D eigenvalue weighted by atomic mass is 16.2. The summed E-state index contributed by atoms with van der Waals surface area (Å²) in [5.74, 6) is -1.82. The Morgan fingerprint density at radius 3 is 2.54 bits per heavy atom. The molecule has 0 atom stereocenters. The zero-order valence-electron chi connectivity index (χ0n) is 13.5. The van der Waals surface area contributed by atoms with Crippen molar-refractivity contribution in [3.8, 4) is 0 Å². The van der Waals surface area contributed by atoms with Gasteiger partial charge in [-0.2, -0.15) is 0 Å². The van der Waals surface area contributed by atoms with Crippen LogP contribution in [0.1, 0.15) is 42.5 Å². The highest BCUT2D eigenvalue weighted by Gasteiger charge is 2.21. The van der Waals surface area contributed by atoms with Crippen molar-refractivity contribution in [2.75, 3.05) is 0 Å². The second kappa shape index (κ2) is 6.86. The number of nitrogens with two attached hydrogens (primary N) is 1. The van der Waals surface area contributed by atoms with E-state index >= 15 is 0 Å². The summed E-state index contributed by atoms with van der Waals surface area (Å²) in [6.07, 6.45) is 7.10.